The second-order valence-electron chi connectivity index (χ2n) is 3.13. The van der Waals surface area contributed by atoms with Gasteiger partial charge in [0.05, 0.1) is 5.75 Å². The largest absolute Gasteiger partial charge is 0.330 e. The van der Waals surface area contributed by atoms with Crippen LogP contribution in [0.5, 0.6) is 0 Å². The molecule has 1 unspecified atom stereocenters. The van der Waals surface area contributed by atoms with E-state index in [4.69, 9.17) is 10.3 Å². The molecule has 4 nitrogen and oxygen atoms in total. The summed E-state index contributed by atoms with van der Waals surface area (Å²) >= 11 is 1.56. The summed E-state index contributed by atoms with van der Waals surface area (Å²) < 4.78 is 29.9. The molecule has 14 heavy (non-hydrogen) atoms. The Kier molecular flexibility index (Phi) is 4.06. The van der Waals surface area contributed by atoms with E-state index in [9.17, 15) is 8.42 Å². The summed E-state index contributed by atoms with van der Waals surface area (Å²) in [5.41, 5.74) is 5.43. The highest BCUT2D eigenvalue weighted by atomic mass is 32.2. The minimum Gasteiger partial charge on any atom is -0.330 e. The highest BCUT2D eigenvalue weighted by molar-refractivity contribution is 7.85. The topological polar surface area (TPSA) is 80.4 Å². The molecule has 6 heteroatoms. The van der Waals surface area contributed by atoms with E-state index < -0.39 is 10.1 Å². The fraction of sp³-hybridized carbons (Fsp3) is 0.500. The molecule has 0 saturated carbocycles. The lowest BCUT2D eigenvalue weighted by molar-refractivity contribution is 0.464. The van der Waals surface area contributed by atoms with Crippen molar-refractivity contribution in [2.24, 2.45) is 11.7 Å². The summed E-state index contributed by atoms with van der Waals surface area (Å²) in [6.07, 6.45) is 0.605. The molecule has 0 fully saturated rings. The predicted octanol–water partition coefficient (Wildman–Crippen LogP) is 0.753. The second kappa shape index (κ2) is 4.88. The molecule has 0 bridgehead atoms. The van der Waals surface area contributed by atoms with Gasteiger partial charge in [-0.2, -0.15) is 8.42 Å². The molecule has 0 aliphatic heterocycles. The zero-order valence-electron chi connectivity index (χ0n) is 7.59. The third-order valence-corrected chi connectivity index (χ3v) is 3.64. The summed E-state index contributed by atoms with van der Waals surface area (Å²) in [5, 5.41) is 1.93. The van der Waals surface area contributed by atoms with Crippen molar-refractivity contribution in [2.75, 3.05) is 12.3 Å². The van der Waals surface area contributed by atoms with Gasteiger partial charge in [-0.25, -0.2) is 0 Å². The lowest BCUT2D eigenvalue weighted by Crippen LogP contribution is -2.24. The molecule has 1 aromatic heterocycles. The van der Waals surface area contributed by atoms with E-state index in [0.717, 1.165) is 4.88 Å². The molecule has 0 aliphatic carbocycles. The number of hydrogen-bond donors (Lipinski definition) is 2. The van der Waals surface area contributed by atoms with Gasteiger partial charge in [0.25, 0.3) is 10.1 Å². The van der Waals surface area contributed by atoms with Gasteiger partial charge in [0.15, 0.2) is 0 Å². The second-order valence-corrected chi connectivity index (χ2v) is 5.66. The van der Waals surface area contributed by atoms with Gasteiger partial charge in [0, 0.05) is 4.88 Å². The van der Waals surface area contributed by atoms with Gasteiger partial charge in [-0.05, 0) is 30.3 Å². The molecule has 80 valence electrons. The zero-order chi connectivity index (χ0) is 10.6. The molecule has 1 atom stereocenters. The number of rotatable bonds is 5. The molecule has 3 N–H and O–H groups in total. The third kappa shape index (κ3) is 4.19. The Morgan fingerprint density at radius 1 is 1.57 bits per heavy atom. The van der Waals surface area contributed by atoms with Crippen LogP contribution in [0.25, 0.3) is 0 Å². The highest BCUT2D eigenvalue weighted by Crippen LogP contribution is 2.15. The minimum atomic E-state index is -3.91. The standard InChI is InChI=1S/C8H13NO3S2/c9-5-7(6-14(10,11)12)4-8-2-1-3-13-8/h1-3,7H,4-6,9H2,(H,10,11,12). The number of thiophene rings is 1. The fourth-order valence-electron chi connectivity index (χ4n) is 1.22. The normalized spacial score (nSPS) is 14.1. The Labute approximate surface area is 87.5 Å². The summed E-state index contributed by atoms with van der Waals surface area (Å²) in [5.74, 6) is -0.467. The molecular weight excluding hydrogens is 222 g/mol. The Morgan fingerprint density at radius 2 is 2.29 bits per heavy atom. The first-order valence-corrected chi connectivity index (χ1v) is 6.68. The van der Waals surface area contributed by atoms with Crippen molar-refractivity contribution in [1.29, 1.82) is 0 Å². The lowest BCUT2D eigenvalue weighted by atomic mass is 10.1. The van der Waals surface area contributed by atoms with Gasteiger partial charge in [-0.3, -0.25) is 4.55 Å². The van der Waals surface area contributed by atoms with E-state index in [1.54, 1.807) is 11.3 Å². The Bertz CT molecular complexity index is 358. The summed E-state index contributed by atoms with van der Waals surface area (Å²) in [6.45, 7) is 0.262. The summed E-state index contributed by atoms with van der Waals surface area (Å²) in [4.78, 5) is 1.09. The first-order valence-electron chi connectivity index (χ1n) is 4.19. The molecule has 0 saturated heterocycles. The van der Waals surface area contributed by atoms with Crippen molar-refractivity contribution in [3.63, 3.8) is 0 Å². The smallest absolute Gasteiger partial charge is 0.265 e. The van der Waals surface area contributed by atoms with Crippen molar-refractivity contribution in [2.45, 2.75) is 6.42 Å². The van der Waals surface area contributed by atoms with Gasteiger partial charge >= 0.3 is 0 Å². The van der Waals surface area contributed by atoms with Crippen LogP contribution in [0.3, 0.4) is 0 Å². The molecule has 0 radical (unpaired) electrons. The molecule has 1 aromatic rings. The van der Waals surface area contributed by atoms with E-state index in [-0.39, 0.29) is 18.2 Å². The molecule has 0 amide bonds. The first-order chi connectivity index (χ1) is 6.51. The number of nitrogens with two attached hydrogens (primary N) is 1. The maximum absolute atomic E-state index is 10.6. The van der Waals surface area contributed by atoms with Crippen LogP contribution in [0.15, 0.2) is 17.5 Å². The van der Waals surface area contributed by atoms with E-state index in [1.165, 1.54) is 0 Å². The molecular formula is C8H13NO3S2. The average Bonchev–Trinajstić information content (AvgIpc) is 2.53. The SMILES string of the molecule is NCC(Cc1cccs1)CS(=O)(=O)O. The molecule has 1 heterocycles. The monoisotopic (exact) mass is 235 g/mol. The van der Waals surface area contributed by atoms with Crippen molar-refractivity contribution in [3.05, 3.63) is 22.4 Å². The molecule has 0 aliphatic rings. The van der Waals surface area contributed by atoms with E-state index in [0.29, 0.717) is 6.42 Å². The average molecular weight is 235 g/mol. The Morgan fingerprint density at radius 3 is 2.71 bits per heavy atom. The van der Waals surface area contributed by atoms with E-state index in [1.807, 2.05) is 17.5 Å². The van der Waals surface area contributed by atoms with Crippen LogP contribution < -0.4 is 5.73 Å². The van der Waals surface area contributed by atoms with E-state index in [2.05, 4.69) is 0 Å². The number of hydrogen-bond acceptors (Lipinski definition) is 4. The summed E-state index contributed by atoms with van der Waals surface area (Å²) in [7, 11) is -3.91. The van der Waals surface area contributed by atoms with Crippen LogP contribution in [0, 0.1) is 5.92 Å². The van der Waals surface area contributed by atoms with Crippen molar-refractivity contribution < 1.29 is 13.0 Å². The quantitative estimate of drug-likeness (QED) is 0.738. The Balaban J connectivity index is 2.56. The maximum Gasteiger partial charge on any atom is 0.265 e. The van der Waals surface area contributed by atoms with Crippen molar-refractivity contribution in [3.8, 4) is 0 Å². The van der Waals surface area contributed by atoms with Gasteiger partial charge < -0.3 is 5.73 Å². The van der Waals surface area contributed by atoms with Crippen LogP contribution in [-0.4, -0.2) is 25.3 Å². The lowest BCUT2D eigenvalue weighted by Gasteiger charge is -2.10. The highest BCUT2D eigenvalue weighted by Gasteiger charge is 2.16. The van der Waals surface area contributed by atoms with Crippen LogP contribution in [-0.2, 0) is 16.5 Å². The Hall–Kier alpha value is -0.430. The van der Waals surface area contributed by atoms with Gasteiger partial charge in [0.1, 0.15) is 0 Å². The first kappa shape index (κ1) is 11.6. The fourth-order valence-corrected chi connectivity index (χ4v) is 2.89. The van der Waals surface area contributed by atoms with Crippen LogP contribution >= 0.6 is 11.3 Å². The van der Waals surface area contributed by atoms with E-state index >= 15 is 0 Å². The van der Waals surface area contributed by atoms with Crippen molar-refractivity contribution >= 4 is 21.5 Å². The molecule has 0 aromatic carbocycles. The minimum absolute atomic E-state index is 0.205. The molecule has 0 spiro atoms. The van der Waals surface area contributed by atoms with Gasteiger partial charge in [0.2, 0.25) is 0 Å². The molecule has 1 rings (SSSR count). The van der Waals surface area contributed by atoms with Crippen LogP contribution in [0.4, 0.5) is 0 Å². The van der Waals surface area contributed by atoms with Gasteiger partial charge in [-0.15, -0.1) is 11.3 Å². The zero-order valence-corrected chi connectivity index (χ0v) is 9.22. The van der Waals surface area contributed by atoms with Crippen molar-refractivity contribution in [1.82, 2.24) is 0 Å². The maximum atomic E-state index is 10.6. The van der Waals surface area contributed by atoms with Crippen LogP contribution in [0.1, 0.15) is 4.88 Å². The predicted molar refractivity (Wildman–Crippen MR) is 57.0 cm³/mol. The summed E-state index contributed by atoms with van der Waals surface area (Å²) in [6, 6.07) is 3.83. The third-order valence-electron chi connectivity index (χ3n) is 1.85. The van der Waals surface area contributed by atoms with Gasteiger partial charge in [-0.1, -0.05) is 6.07 Å². The van der Waals surface area contributed by atoms with Crippen LogP contribution in [0.2, 0.25) is 0 Å².